The molecular weight excluding hydrogens is 324 g/mol. The summed E-state index contributed by atoms with van der Waals surface area (Å²) in [6.45, 7) is 5.05. The van der Waals surface area contributed by atoms with Crippen molar-refractivity contribution in [2.24, 2.45) is 0 Å². The maximum Gasteiger partial charge on any atom is 0.411 e. The standard InChI is InChI=1S/C13H20N4O5S/c1-13(2,3)22-12(19)16-7-9-8(10(16)11(18)14-4)6-15-17(9)23(5,20)21/h6,10H,7H2,1-5H3,(H,14,18)/t10-/m1/s1. The van der Waals surface area contributed by atoms with Crippen LogP contribution in [0.1, 0.15) is 38.1 Å². The van der Waals surface area contributed by atoms with E-state index in [9.17, 15) is 18.0 Å². The van der Waals surface area contributed by atoms with E-state index in [1.807, 2.05) is 0 Å². The molecular formula is C13H20N4O5S. The van der Waals surface area contributed by atoms with Crippen molar-refractivity contribution in [2.75, 3.05) is 13.3 Å². The van der Waals surface area contributed by atoms with E-state index in [0.29, 0.717) is 5.56 Å². The zero-order valence-electron chi connectivity index (χ0n) is 13.7. The Labute approximate surface area is 134 Å². The number of hydrogen-bond acceptors (Lipinski definition) is 6. The molecule has 9 nitrogen and oxygen atoms in total. The molecule has 1 aromatic heterocycles. The van der Waals surface area contributed by atoms with E-state index in [4.69, 9.17) is 4.74 Å². The minimum Gasteiger partial charge on any atom is -0.444 e. The average Bonchev–Trinajstić information content (AvgIpc) is 2.92. The number of likely N-dealkylation sites (N-methyl/N-ethyl adjacent to an activating group) is 1. The summed E-state index contributed by atoms with van der Waals surface area (Å²) in [6, 6.07) is -0.972. The van der Waals surface area contributed by atoms with Crippen LogP contribution < -0.4 is 5.32 Å². The van der Waals surface area contributed by atoms with Crippen molar-refractivity contribution in [3.8, 4) is 0 Å². The van der Waals surface area contributed by atoms with Crippen molar-refractivity contribution >= 4 is 22.0 Å². The fraction of sp³-hybridized carbons (Fsp3) is 0.615. The molecule has 128 valence electrons. The molecule has 1 aliphatic heterocycles. The molecule has 0 radical (unpaired) electrons. The predicted molar refractivity (Wildman–Crippen MR) is 81.1 cm³/mol. The average molecular weight is 344 g/mol. The van der Waals surface area contributed by atoms with Gasteiger partial charge in [-0.1, -0.05) is 0 Å². The lowest BCUT2D eigenvalue weighted by Crippen LogP contribution is -2.41. The molecule has 0 bridgehead atoms. The quantitative estimate of drug-likeness (QED) is 0.822. The first-order valence-electron chi connectivity index (χ1n) is 6.94. The smallest absolute Gasteiger partial charge is 0.411 e. The third-order valence-electron chi connectivity index (χ3n) is 3.23. The Balaban J connectivity index is 2.44. The summed E-state index contributed by atoms with van der Waals surface area (Å²) in [4.78, 5) is 25.7. The van der Waals surface area contributed by atoms with Crippen LogP contribution in [0.25, 0.3) is 0 Å². The first-order valence-corrected chi connectivity index (χ1v) is 8.79. The van der Waals surface area contributed by atoms with E-state index in [1.165, 1.54) is 18.1 Å². The summed E-state index contributed by atoms with van der Waals surface area (Å²) < 4.78 is 29.7. The molecule has 0 aliphatic carbocycles. The highest BCUT2D eigenvalue weighted by Gasteiger charge is 2.43. The van der Waals surface area contributed by atoms with Crippen LogP contribution in [-0.2, 0) is 26.1 Å². The summed E-state index contributed by atoms with van der Waals surface area (Å²) in [5.41, 5.74) is -0.0744. The third kappa shape index (κ3) is 3.31. The molecule has 0 saturated heterocycles. The molecule has 0 fully saturated rings. The molecule has 2 rings (SSSR count). The van der Waals surface area contributed by atoms with Crippen LogP contribution in [0.3, 0.4) is 0 Å². The molecule has 1 atom stereocenters. The van der Waals surface area contributed by atoms with Gasteiger partial charge < -0.3 is 10.1 Å². The van der Waals surface area contributed by atoms with Gasteiger partial charge in [0.25, 0.3) is 10.0 Å². The normalized spacial score (nSPS) is 17.8. The molecule has 0 unspecified atom stereocenters. The summed E-state index contributed by atoms with van der Waals surface area (Å²) in [5.74, 6) is -0.442. The van der Waals surface area contributed by atoms with Crippen LogP contribution in [-0.4, -0.2) is 53.4 Å². The summed E-state index contributed by atoms with van der Waals surface area (Å²) >= 11 is 0. The van der Waals surface area contributed by atoms with Gasteiger partial charge in [-0.25, -0.2) is 13.2 Å². The van der Waals surface area contributed by atoms with Gasteiger partial charge in [0.2, 0.25) is 5.91 Å². The van der Waals surface area contributed by atoms with E-state index < -0.39 is 33.7 Å². The maximum atomic E-state index is 12.4. The maximum absolute atomic E-state index is 12.4. The van der Waals surface area contributed by atoms with Crippen LogP contribution in [0.15, 0.2) is 6.20 Å². The summed E-state index contributed by atoms with van der Waals surface area (Å²) in [5, 5.41) is 6.28. The number of fused-ring (bicyclic) bond motifs is 1. The Kier molecular flexibility index (Phi) is 4.14. The van der Waals surface area contributed by atoms with Crippen LogP contribution in [0, 0.1) is 0 Å². The molecule has 10 heteroatoms. The van der Waals surface area contributed by atoms with Gasteiger partial charge in [0.1, 0.15) is 11.6 Å². The Morgan fingerprint density at radius 1 is 1.39 bits per heavy atom. The second-order valence-corrected chi connectivity index (χ2v) is 8.09. The second kappa shape index (κ2) is 5.52. The molecule has 1 N–H and O–H groups in total. The van der Waals surface area contributed by atoms with Crippen molar-refractivity contribution in [2.45, 2.75) is 39.0 Å². The molecule has 2 heterocycles. The largest absolute Gasteiger partial charge is 0.444 e. The Hall–Kier alpha value is -2.10. The lowest BCUT2D eigenvalue weighted by molar-refractivity contribution is -0.125. The number of carbonyl (C=O) groups excluding carboxylic acids is 2. The van der Waals surface area contributed by atoms with Gasteiger partial charge in [-0.15, -0.1) is 0 Å². The van der Waals surface area contributed by atoms with Crippen molar-refractivity contribution in [3.63, 3.8) is 0 Å². The van der Waals surface area contributed by atoms with Crippen LogP contribution in [0.5, 0.6) is 0 Å². The first-order chi connectivity index (χ1) is 10.5. The Bertz CT molecular complexity index is 747. The van der Waals surface area contributed by atoms with Gasteiger partial charge in [-0.05, 0) is 20.8 Å². The van der Waals surface area contributed by atoms with Crippen LogP contribution in [0.4, 0.5) is 4.79 Å². The minimum atomic E-state index is -3.63. The number of amides is 2. The summed E-state index contributed by atoms with van der Waals surface area (Å²) in [6.07, 6.45) is 1.61. The topological polar surface area (TPSA) is 111 Å². The number of aromatic nitrogens is 2. The highest BCUT2D eigenvalue weighted by molar-refractivity contribution is 7.89. The molecule has 0 spiro atoms. The number of hydrogen-bond donors (Lipinski definition) is 1. The molecule has 2 amide bonds. The van der Waals surface area contributed by atoms with Gasteiger partial charge in [0.15, 0.2) is 0 Å². The van der Waals surface area contributed by atoms with Gasteiger partial charge in [0.05, 0.1) is 24.7 Å². The highest BCUT2D eigenvalue weighted by atomic mass is 32.2. The van der Waals surface area contributed by atoms with Gasteiger partial charge in [0, 0.05) is 12.6 Å². The van der Waals surface area contributed by atoms with E-state index >= 15 is 0 Å². The SMILES string of the molecule is CNC(=O)[C@H]1c2cnn(S(C)(=O)=O)c2CN1C(=O)OC(C)(C)C. The van der Waals surface area contributed by atoms with Crippen molar-refractivity contribution in [1.82, 2.24) is 19.4 Å². The molecule has 1 aliphatic rings. The number of nitrogens with zero attached hydrogens (tertiary/aromatic N) is 3. The van der Waals surface area contributed by atoms with Crippen molar-refractivity contribution in [1.29, 1.82) is 0 Å². The van der Waals surface area contributed by atoms with Crippen LogP contribution in [0.2, 0.25) is 0 Å². The van der Waals surface area contributed by atoms with E-state index in [0.717, 1.165) is 10.3 Å². The first kappa shape index (κ1) is 17.3. The second-order valence-electron chi connectivity index (χ2n) is 6.28. The number of ether oxygens (including phenoxy) is 1. The van der Waals surface area contributed by atoms with E-state index in [1.54, 1.807) is 20.8 Å². The molecule has 23 heavy (non-hydrogen) atoms. The Morgan fingerprint density at radius 3 is 2.48 bits per heavy atom. The minimum absolute atomic E-state index is 0.0740. The Morgan fingerprint density at radius 2 is 2.00 bits per heavy atom. The fourth-order valence-corrected chi connectivity index (χ4v) is 3.15. The molecule has 0 saturated carbocycles. The van der Waals surface area contributed by atoms with Gasteiger partial charge in [-0.2, -0.15) is 9.19 Å². The number of nitrogens with one attached hydrogen (secondary N) is 1. The van der Waals surface area contributed by atoms with E-state index in [2.05, 4.69) is 10.4 Å². The van der Waals surface area contributed by atoms with Gasteiger partial charge >= 0.3 is 6.09 Å². The predicted octanol–water partition coefficient (Wildman–Crippen LogP) is 0.229. The van der Waals surface area contributed by atoms with Crippen LogP contribution >= 0.6 is 0 Å². The monoisotopic (exact) mass is 344 g/mol. The molecule has 0 aromatic carbocycles. The molecule has 1 aromatic rings. The highest BCUT2D eigenvalue weighted by Crippen LogP contribution is 2.35. The fourth-order valence-electron chi connectivity index (χ4n) is 2.37. The zero-order valence-corrected chi connectivity index (χ0v) is 14.5. The number of rotatable bonds is 2. The zero-order chi connectivity index (χ0) is 17.6. The van der Waals surface area contributed by atoms with Crippen molar-refractivity contribution in [3.05, 3.63) is 17.5 Å². The van der Waals surface area contributed by atoms with E-state index in [-0.39, 0.29) is 12.2 Å². The third-order valence-corrected chi connectivity index (χ3v) is 4.17. The lowest BCUT2D eigenvalue weighted by atomic mass is 10.1. The van der Waals surface area contributed by atoms with Crippen molar-refractivity contribution < 1.29 is 22.7 Å². The summed E-state index contributed by atoms with van der Waals surface area (Å²) in [7, 11) is -2.19. The van der Waals surface area contributed by atoms with Gasteiger partial charge in [-0.3, -0.25) is 9.69 Å². The number of carbonyl (C=O) groups is 2. The lowest BCUT2D eigenvalue weighted by Gasteiger charge is -2.27.